The monoisotopic (exact) mass is 716 g/mol. The molecular formula is C39H46N3O10+. The summed E-state index contributed by atoms with van der Waals surface area (Å²) in [5.41, 5.74) is 1.30. The second-order valence-electron chi connectivity index (χ2n) is 13.4. The molecule has 2 fully saturated rings. The number of β-lactam (4-membered cyclic amide) rings is 1. The van der Waals surface area contributed by atoms with Crippen LogP contribution in [0.25, 0.3) is 0 Å². The first-order chi connectivity index (χ1) is 25.1. The number of methoxy groups -OCH3 is 2. The molecule has 3 heterocycles. The molecule has 6 rings (SSSR count). The van der Waals surface area contributed by atoms with Gasteiger partial charge in [0.1, 0.15) is 30.4 Å². The van der Waals surface area contributed by atoms with E-state index in [4.69, 9.17) is 18.9 Å². The van der Waals surface area contributed by atoms with Crippen LogP contribution in [0.4, 0.5) is 4.79 Å². The molecule has 0 aromatic heterocycles. The Bertz CT molecular complexity index is 1660. The zero-order valence-electron chi connectivity index (χ0n) is 29.5. The quantitative estimate of drug-likeness (QED) is 0.0796. The molecule has 2 saturated heterocycles. The Balaban J connectivity index is 1.44. The second kappa shape index (κ2) is 15.3. The summed E-state index contributed by atoms with van der Waals surface area (Å²) >= 11 is 0. The number of nitrogens with one attached hydrogen (secondary N) is 1. The summed E-state index contributed by atoms with van der Waals surface area (Å²) in [4.78, 5) is 41.9. The van der Waals surface area contributed by atoms with Crippen LogP contribution in [0.2, 0.25) is 0 Å². The van der Waals surface area contributed by atoms with E-state index in [0.29, 0.717) is 0 Å². The van der Waals surface area contributed by atoms with Gasteiger partial charge in [0.15, 0.2) is 0 Å². The molecule has 0 aliphatic carbocycles. The molecule has 3 aliphatic rings. The lowest BCUT2D eigenvalue weighted by Crippen LogP contribution is -2.72. The van der Waals surface area contributed by atoms with Gasteiger partial charge in [-0.3, -0.25) is 9.59 Å². The van der Waals surface area contributed by atoms with Gasteiger partial charge < -0.3 is 39.2 Å². The van der Waals surface area contributed by atoms with Gasteiger partial charge in [0, 0.05) is 20.8 Å². The number of hydrogen-bond donors (Lipinski definition) is 4. The third-order valence-corrected chi connectivity index (χ3v) is 10.5. The summed E-state index contributed by atoms with van der Waals surface area (Å²) in [6.07, 6.45) is -1.67. The van der Waals surface area contributed by atoms with Crippen molar-refractivity contribution in [1.29, 1.82) is 0 Å². The molecule has 13 heteroatoms. The van der Waals surface area contributed by atoms with Crippen molar-refractivity contribution in [2.75, 3.05) is 40.5 Å². The lowest BCUT2D eigenvalue weighted by atomic mass is 9.79. The van der Waals surface area contributed by atoms with E-state index in [1.54, 1.807) is 6.92 Å². The average molecular weight is 717 g/mol. The molecule has 4 amide bonds. The molecular weight excluding hydrogens is 670 g/mol. The smallest absolute Gasteiger partial charge is 0.395 e. The number of carbonyl (C=O) groups is 3. The van der Waals surface area contributed by atoms with Crippen LogP contribution in [0.15, 0.2) is 103 Å². The number of carbonyl (C=O) groups excluding carboxylic acids is 3. The van der Waals surface area contributed by atoms with Gasteiger partial charge in [0.2, 0.25) is 12.1 Å². The van der Waals surface area contributed by atoms with E-state index in [2.05, 4.69) is 5.32 Å². The van der Waals surface area contributed by atoms with E-state index < -0.39 is 65.0 Å². The number of aliphatic hydroxyl groups is 3. The molecule has 0 saturated carbocycles. The van der Waals surface area contributed by atoms with E-state index in [9.17, 15) is 29.7 Å². The molecule has 3 aliphatic heterocycles. The van der Waals surface area contributed by atoms with Crippen molar-refractivity contribution >= 4 is 17.8 Å². The Morgan fingerprint density at radius 3 is 1.88 bits per heavy atom. The highest BCUT2D eigenvalue weighted by atomic mass is 16.9. The number of quaternary nitrogens is 1. The van der Waals surface area contributed by atoms with Crippen molar-refractivity contribution in [1.82, 2.24) is 10.2 Å². The Kier molecular flexibility index (Phi) is 11.1. The zero-order valence-corrected chi connectivity index (χ0v) is 29.5. The van der Waals surface area contributed by atoms with Crippen LogP contribution in [-0.4, -0.2) is 114 Å². The topological polar surface area (TPSA) is 164 Å². The SMILES string of the molecule is COC(CC1C(C[N+]2([C@H]3C[C@H](O)[C@@H](CO)O3)C=C(C)C(=O)NC2=O)C(=O)N1CCO)(OC)OC(c1ccccc1)(c1ccccc1)c1ccccc1. The first kappa shape index (κ1) is 37.4. The van der Waals surface area contributed by atoms with Gasteiger partial charge in [0.25, 0.3) is 11.9 Å². The number of rotatable bonds is 15. The second-order valence-corrected chi connectivity index (χ2v) is 13.4. The Morgan fingerprint density at radius 2 is 1.42 bits per heavy atom. The normalized spacial score (nSPS) is 26.6. The Morgan fingerprint density at radius 1 is 0.885 bits per heavy atom. The highest BCUT2D eigenvalue weighted by molar-refractivity contribution is 6.03. The molecule has 52 heavy (non-hydrogen) atoms. The summed E-state index contributed by atoms with van der Waals surface area (Å²) in [5, 5.41) is 32.9. The number of benzene rings is 3. The Hall–Kier alpha value is -4.31. The van der Waals surface area contributed by atoms with E-state index in [1.165, 1.54) is 25.3 Å². The molecule has 3 unspecified atom stereocenters. The molecule has 3 aromatic rings. The lowest BCUT2D eigenvalue weighted by molar-refractivity contribution is -0.855. The minimum Gasteiger partial charge on any atom is -0.395 e. The number of amides is 4. The van der Waals surface area contributed by atoms with E-state index in [0.717, 1.165) is 16.7 Å². The molecule has 0 radical (unpaired) electrons. The number of hydrogen-bond acceptors (Lipinski definition) is 10. The number of urea groups is 1. The minimum absolute atomic E-state index is 0.00448. The first-order valence-corrected chi connectivity index (χ1v) is 17.3. The van der Waals surface area contributed by atoms with Gasteiger partial charge in [-0.1, -0.05) is 91.0 Å². The van der Waals surface area contributed by atoms with Crippen LogP contribution in [0, 0.1) is 5.92 Å². The van der Waals surface area contributed by atoms with Crippen molar-refractivity contribution in [3.8, 4) is 0 Å². The number of nitrogens with zero attached hydrogens (tertiary/aromatic N) is 2. The number of β-amino-alcohol motifs (C(OH)–C–C–N with tert-alkyl or cyclic N) is 1. The van der Waals surface area contributed by atoms with Crippen LogP contribution in [-0.2, 0) is 34.1 Å². The minimum atomic E-state index is -1.81. The third-order valence-electron chi connectivity index (χ3n) is 10.5. The molecule has 6 atom stereocenters. The van der Waals surface area contributed by atoms with E-state index in [1.807, 2.05) is 91.0 Å². The van der Waals surface area contributed by atoms with Gasteiger partial charge >= 0.3 is 6.03 Å². The summed E-state index contributed by atoms with van der Waals surface area (Å²) in [7, 11) is 2.90. The van der Waals surface area contributed by atoms with Gasteiger partial charge in [-0.15, -0.1) is 0 Å². The highest BCUT2D eigenvalue weighted by Crippen LogP contribution is 2.47. The summed E-state index contributed by atoms with van der Waals surface area (Å²) in [6, 6.07) is 27.6. The molecule has 13 nitrogen and oxygen atoms in total. The maximum atomic E-state index is 14.0. The van der Waals surface area contributed by atoms with E-state index in [-0.39, 0.29) is 44.0 Å². The van der Waals surface area contributed by atoms with Gasteiger partial charge in [0.05, 0.1) is 43.8 Å². The lowest BCUT2D eigenvalue weighted by Gasteiger charge is -2.53. The predicted molar refractivity (Wildman–Crippen MR) is 187 cm³/mol. The number of likely N-dealkylation sites (tertiary alicyclic amines) is 1. The standard InChI is InChI=1S/C39H45N3O10/c1-26-23-42(37(48)40-35(26)46,34-21-32(45)33(25-44)51-34)24-30-31(41(19-20-43)36(30)47)22-38(49-2,50-3)52-39(27-13-7-4-8-14-27,28-15-9-5-10-16-28)29-17-11-6-12-18-29/h4-18,23,30-34,43-45H,19-22,24-25H2,1-3H3/p+1/t30?,31?,32-,33+,34+,42?/m0/s1. The predicted octanol–water partition coefficient (Wildman–Crippen LogP) is 2.59. The molecule has 0 spiro atoms. The van der Waals surface area contributed by atoms with Crippen molar-refractivity contribution in [3.63, 3.8) is 0 Å². The number of aliphatic hydroxyl groups excluding tert-OH is 3. The first-order valence-electron chi connectivity index (χ1n) is 17.3. The molecule has 0 bridgehead atoms. The maximum absolute atomic E-state index is 14.0. The van der Waals surface area contributed by atoms with Crippen molar-refractivity contribution in [2.24, 2.45) is 5.92 Å². The fourth-order valence-electron chi connectivity index (χ4n) is 7.79. The third kappa shape index (κ3) is 6.59. The van der Waals surface area contributed by atoms with Crippen LogP contribution in [0.3, 0.4) is 0 Å². The van der Waals surface area contributed by atoms with Crippen molar-refractivity contribution in [2.45, 2.75) is 55.8 Å². The van der Waals surface area contributed by atoms with Gasteiger partial charge in [-0.25, -0.2) is 10.1 Å². The zero-order chi connectivity index (χ0) is 37.1. The molecule has 3 aromatic carbocycles. The fraction of sp³-hybridized carbons (Fsp3) is 0.410. The van der Waals surface area contributed by atoms with Crippen molar-refractivity contribution in [3.05, 3.63) is 119 Å². The van der Waals surface area contributed by atoms with E-state index >= 15 is 0 Å². The van der Waals surface area contributed by atoms with Crippen LogP contribution >= 0.6 is 0 Å². The average Bonchev–Trinajstić information content (AvgIpc) is 3.57. The molecule has 4 N–H and O–H groups in total. The number of ether oxygens (including phenoxy) is 4. The Labute approximate surface area is 302 Å². The summed E-state index contributed by atoms with van der Waals surface area (Å²) < 4.78 is 24.9. The van der Waals surface area contributed by atoms with Crippen molar-refractivity contribution < 1.29 is 53.1 Å². The summed E-state index contributed by atoms with van der Waals surface area (Å²) in [6.45, 7) is 0.572. The number of imide groups is 1. The van der Waals surface area contributed by atoms with Crippen LogP contribution < -0.4 is 5.32 Å². The maximum Gasteiger partial charge on any atom is 0.430 e. The van der Waals surface area contributed by atoms with Crippen LogP contribution in [0.5, 0.6) is 0 Å². The van der Waals surface area contributed by atoms with Gasteiger partial charge in [-0.2, -0.15) is 4.48 Å². The largest absolute Gasteiger partial charge is 0.430 e. The molecule has 276 valence electrons. The van der Waals surface area contributed by atoms with Gasteiger partial charge in [-0.05, 0) is 23.6 Å². The van der Waals surface area contributed by atoms with Crippen LogP contribution in [0.1, 0.15) is 36.5 Å². The highest BCUT2D eigenvalue weighted by Gasteiger charge is 2.61. The summed E-state index contributed by atoms with van der Waals surface area (Å²) in [5.74, 6) is -3.61. The fourth-order valence-corrected chi connectivity index (χ4v) is 7.79.